The van der Waals surface area contributed by atoms with Gasteiger partial charge in [-0.25, -0.2) is 23.9 Å². The molecule has 1 saturated heterocycles. The molecule has 0 radical (unpaired) electrons. The standard InChI is InChI=1S/C29H35F3N5O5P/c1-7-41-26(38)29(31,32)21-10-8-9-19(24(21)30)17(2)34-25-20-15-23(33-16-22(20)35-18(3)36-25)43(40)13-11-37(12-14-43)27(39)42-28(4,5)6/h8-10,15-17H,7,11-14H2,1-6H3,(H,34,35,36). The van der Waals surface area contributed by atoms with Crippen molar-refractivity contribution in [1.82, 2.24) is 19.9 Å². The van der Waals surface area contributed by atoms with Gasteiger partial charge >= 0.3 is 18.0 Å². The molecule has 1 aliphatic rings. The van der Waals surface area contributed by atoms with Crippen LogP contribution in [0.2, 0.25) is 0 Å². The largest absolute Gasteiger partial charge is 0.461 e. The normalized spacial score (nSPS) is 16.1. The molecule has 10 nitrogen and oxygen atoms in total. The molecular weight excluding hydrogens is 586 g/mol. The summed E-state index contributed by atoms with van der Waals surface area (Å²) < 4.78 is 68.7. The Bertz CT molecular complexity index is 1580. The summed E-state index contributed by atoms with van der Waals surface area (Å²) in [5, 5.41) is 3.52. The van der Waals surface area contributed by atoms with Gasteiger partial charge in [0, 0.05) is 36.4 Å². The van der Waals surface area contributed by atoms with E-state index < -0.39 is 48.2 Å². The number of benzene rings is 1. The first kappa shape index (κ1) is 32.2. The number of hydrogen-bond acceptors (Lipinski definition) is 9. The lowest BCUT2D eigenvalue weighted by Crippen LogP contribution is -2.43. The van der Waals surface area contributed by atoms with Crippen molar-refractivity contribution in [2.45, 2.75) is 59.1 Å². The van der Waals surface area contributed by atoms with Crippen molar-refractivity contribution >= 4 is 41.4 Å². The van der Waals surface area contributed by atoms with Gasteiger partial charge in [-0.15, -0.1) is 0 Å². The molecule has 0 bridgehead atoms. The fourth-order valence-corrected chi connectivity index (χ4v) is 7.18. The van der Waals surface area contributed by atoms with E-state index in [0.717, 1.165) is 6.07 Å². The van der Waals surface area contributed by atoms with Crippen molar-refractivity contribution in [3.05, 3.63) is 53.2 Å². The highest BCUT2D eigenvalue weighted by molar-refractivity contribution is 7.71. The van der Waals surface area contributed by atoms with Crippen molar-refractivity contribution < 1.29 is 36.8 Å². The topological polar surface area (TPSA) is 124 Å². The highest BCUT2D eigenvalue weighted by Gasteiger charge is 2.45. The number of aryl methyl sites for hydroxylation is 1. The maximum atomic E-state index is 15.4. The number of fused-ring (bicyclic) bond motifs is 1. The third-order valence-corrected chi connectivity index (χ3v) is 9.85. The Labute approximate surface area is 247 Å². The maximum absolute atomic E-state index is 15.4. The molecule has 4 rings (SSSR count). The number of ether oxygens (including phenoxy) is 2. The van der Waals surface area contributed by atoms with Crippen molar-refractivity contribution in [3.63, 3.8) is 0 Å². The lowest BCUT2D eigenvalue weighted by Gasteiger charge is -2.33. The first-order valence-corrected chi connectivity index (χ1v) is 15.9. The van der Waals surface area contributed by atoms with Gasteiger partial charge in [0.1, 0.15) is 35.6 Å². The summed E-state index contributed by atoms with van der Waals surface area (Å²) in [5.41, 5.74) is -1.09. The van der Waals surface area contributed by atoms with Crippen LogP contribution in [0.3, 0.4) is 0 Å². The number of anilines is 1. The molecule has 3 aromatic rings. The number of amides is 1. The molecular formula is C29H35F3N5O5P. The Kier molecular flexibility index (Phi) is 9.06. The number of aromatic nitrogens is 3. The average Bonchev–Trinajstić information content (AvgIpc) is 2.92. The number of pyridine rings is 1. The third-order valence-electron chi connectivity index (χ3n) is 6.93. The summed E-state index contributed by atoms with van der Waals surface area (Å²) in [6.07, 6.45) is 1.44. The van der Waals surface area contributed by atoms with Crippen LogP contribution in [0.15, 0.2) is 30.5 Å². The van der Waals surface area contributed by atoms with Crippen LogP contribution in [0.4, 0.5) is 23.8 Å². The summed E-state index contributed by atoms with van der Waals surface area (Å²) in [6, 6.07) is 4.16. The Hall–Kier alpha value is -3.73. The molecule has 43 heavy (non-hydrogen) atoms. The minimum Gasteiger partial charge on any atom is -0.461 e. The zero-order valence-electron chi connectivity index (χ0n) is 24.9. The van der Waals surface area contributed by atoms with Crippen molar-refractivity contribution in [3.8, 4) is 0 Å². The number of nitrogens with one attached hydrogen (secondary N) is 1. The minimum atomic E-state index is -4.18. The van der Waals surface area contributed by atoms with E-state index in [1.54, 1.807) is 40.7 Å². The lowest BCUT2D eigenvalue weighted by molar-refractivity contribution is -0.173. The van der Waals surface area contributed by atoms with Gasteiger partial charge in [-0.3, -0.25) is 4.98 Å². The number of hydrogen-bond donors (Lipinski definition) is 1. The minimum absolute atomic E-state index is 0.123. The van der Waals surface area contributed by atoms with Crippen molar-refractivity contribution in [2.75, 3.05) is 37.3 Å². The third kappa shape index (κ3) is 6.92. The Morgan fingerprint density at radius 1 is 1.16 bits per heavy atom. The lowest BCUT2D eigenvalue weighted by atomic mass is 10.00. The molecule has 1 aliphatic heterocycles. The van der Waals surface area contributed by atoms with Gasteiger partial charge in [-0.1, -0.05) is 12.1 Å². The predicted molar refractivity (Wildman–Crippen MR) is 156 cm³/mol. The summed E-state index contributed by atoms with van der Waals surface area (Å²) in [7, 11) is -3.00. The van der Waals surface area contributed by atoms with Gasteiger partial charge in [-0.05, 0) is 53.7 Å². The molecule has 1 aromatic carbocycles. The number of nitrogens with zero attached hydrogens (tertiary/aromatic N) is 4. The maximum Gasteiger partial charge on any atom is 0.410 e. The first-order chi connectivity index (χ1) is 20.1. The van der Waals surface area contributed by atoms with Crippen LogP contribution in [0.25, 0.3) is 10.9 Å². The number of halogens is 3. The van der Waals surface area contributed by atoms with E-state index in [2.05, 4.69) is 25.0 Å². The van der Waals surface area contributed by atoms with E-state index in [1.165, 1.54) is 30.2 Å². The molecule has 14 heteroatoms. The highest BCUT2D eigenvalue weighted by atomic mass is 31.2. The van der Waals surface area contributed by atoms with Gasteiger partial charge in [0.25, 0.3) is 0 Å². The van der Waals surface area contributed by atoms with Crippen molar-refractivity contribution in [1.29, 1.82) is 0 Å². The van der Waals surface area contributed by atoms with Crippen LogP contribution in [0.1, 0.15) is 57.6 Å². The van der Waals surface area contributed by atoms with E-state index in [1.807, 2.05) is 0 Å². The Morgan fingerprint density at radius 2 is 1.84 bits per heavy atom. The van der Waals surface area contributed by atoms with Gasteiger partial charge in [-0.2, -0.15) is 8.78 Å². The second kappa shape index (κ2) is 12.1. The summed E-state index contributed by atoms with van der Waals surface area (Å²) in [6.45, 7) is 10.1. The van der Waals surface area contributed by atoms with E-state index in [0.29, 0.717) is 22.2 Å². The second-order valence-electron chi connectivity index (χ2n) is 11.4. The molecule has 2 aromatic heterocycles. The van der Waals surface area contributed by atoms with E-state index in [9.17, 15) is 22.9 Å². The summed E-state index contributed by atoms with van der Waals surface area (Å²) in [5.74, 6) is -6.63. The number of rotatable bonds is 7. The van der Waals surface area contributed by atoms with Crippen LogP contribution in [-0.4, -0.2) is 69.5 Å². The molecule has 1 N–H and O–H groups in total. The van der Waals surface area contributed by atoms with Crippen LogP contribution in [0, 0.1) is 12.7 Å². The molecule has 0 spiro atoms. The highest BCUT2D eigenvalue weighted by Crippen LogP contribution is 2.46. The van der Waals surface area contributed by atoms with E-state index in [4.69, 9.17) is 4.74 Å². The number of esters is 1. The van der Waals surface area contributed by atoms with Crippen LogP contribution in [0.5, 0.6) is 0 Å². The smallest absolute Gasteiger partial charge is 0.410 e. The molecule has 3 heterocycles. The predicted octanol–water partition coefficient (Wildman–Crippen LogP) is 5.54. The number of carbonyl (C=O) groups is 2. The Balaban J connectivity index is 1.62. The fraction of sp³-hybridized carbons (Fsp3) is 0.483. The molecule has 1 amide bonds. The van der Waals surface area contributed by atoms with Gasteiger partial charge in [0.15, 0.2) is 0 Å². The second-order valence-corrected chi connectivity index (χ2v) is 14.5. The van der Waals surface area contributed by atoms with E-state index in [-0.39, 0.29) is 43.4 Å². The first-order valence-electron chi connectivity index (χ1n) is 13.9. The summed E-state index contributed by atoms with van der Waals surface area (Å²) >= 11 is 0. The quantitative estimate of drug-likeness (QED) is 0.268. The van der Waals surface area contributed by atoms with Gasteiger partial charge < -0.3 is 24.3 Å². The molecule has 0 aliphatic carbocycles. The monoisotopic (exact) mass is 621 g/mol. The van der Waals surface area contributed by atoms with Crippen molar-refractivity contribution in [2.24, 2.45) is 0 Å². The van der Waals surface area contributed by atoms with Crippen LogP contribution < -0.4 is 10.8 Å². The Morgan fingerprint density at radius 3 is 2.47 bits per heavy atom. The van der Waals surface area contributed by atoms with Gasteiger partial charge in [0.05, 0.1) is 29.9 Å². The molecule has 1 unspecified atom stereocenters. The van der Waals surface area contributed by atoms with Gasteiger partial charge in [0.2, 0.25) is 0 Å². The number of alkyl halides is 2. The number of carbonyl (C=O) groups excluding carboxylic acids is 2. The van der Waals surface area contributed by atoms with Crippen LogP contribution in [-0.2, 0) is 24.8 Å². The fourth-order valence-electron chi connectivity index (χ4n) is 4.74. The zero-order valence-corrected chi connectivity index (χ0v) is 25.8. The average molecular weight is 622 g/mol. The molecule has 1 atom stereocenters. The zero-order chi connectivity index (χ0) is 31.7. The van der Waals surface area contributed by atoms with E-state index >= 15 is 4.39 Å². The van der Waals surface area contributed by atoms with Crippen LogP contribution >= 0.6 is 7.14 Å². The summed E-state index contributed by atoms with van der Waals surface area (Å²) in [4.78, 5) is 39.1. The SMILES string of the molecule is CCOC(=O)C(F)(F)c1cccc(C(C)Nc2nc(C)nc3cnc(P4(=O)CCN(C(=O)OC(C)(C)C)CC4)cc23)c1F. The molecule has 0 saturated carbocycles. The molecule has 1 fully saturated rings. The molecule has 232 valence electrons.